The van der Waals surface area contributed by atoms with Gasteiger partial charge in [-0.2, -0.15) is 0 Å². The van der Waals surface area contributed by atoms with Gasteiger partial charge in [-0.15, -0.1) is 11.6 Å². The lowest BCUT2D eigenvalue weighted by atomic mass is 10.2. The molecule has 0 atom stereocenters. The Bertz CT molecular complexity index is 432. The smallest absolute Gasteiger partial charge is 0.253 e. The van der Waals surface area contributed by atoms with Gasteiger partial charge in [0.15, 0.2) is 0 Å². The Kier molecular flexibility index (Phi) is 3.08. The Labute approximate surface area is 103 Å². The Hall–Kier alpha value is -0.800. The number of hydrogen-bond acceptors (Lipinski definition) is 1. The molecule has 0 aliphatic heterocycles. The molecule has 1 aromatic rings. The second kappa shape index (κ2) is 4.22. The molecule has 1 N–H and O–H groups in total. The average molecular weight is 262 g/mol. The maximum Gasteiger partial charge on any atom is 0.253 e. The number of amides is 1. The van der Waals surface area contributed by atoms with E-state index in [1.807, 2.05) is 0 Å². The first-order valence-corrected chi connectivity index (χ1v) is 5.81. The molecule has 1 amide bonds. The summed E-state index contributed by atoms with van der Waals surface area (Å²) in [5.41, 5.74) is -0.00412. The lowest BCUT2D eigenvalue weighted by Crippen LogP contribution is -2.38. The van der Waals surface area contributed by atoms with E-state index in [9.17, 15) is 9.18 Å². The van der Waals surface area contributed by atoms with Crippen molar-refractivity contribution in [1.29, 1.82) is 0 Å². The number of halogens is 3. The van der Waals surface area contributed by atoms with Crippen LogP contribution < -0.4 is 5.32 Å². The SMILES string of the molecule is O=C(NC1(CCl)CC1)c1ccc(F)cc1Cl. The van der Waals surface area contributed by atoms with Crippen molar-refractivity contribution in [3.8, 4) is 0 Å². The fourth-order valence-corrected chi connectivity index (χ4v) is 2.01. The molecular weight excluding hydrogens is 252 g/mol. The average Bonchev–Trinajstić information content (AvgIpc) is 2.98. The molecular formula is C11H10Cl2FNO. The predicted molar refractivity (Wildman–Crippen MR) is 61.6 cm³/mol. The third-order valence-electron chi connectivity index (χ3n) is 2.66. The summed E-state index contributed by atoms with van der Waals surface area (Å²) in [6.07, 6.45) is 1.75. The number of carbonyl (C=O) groups excluding carboxylic acids is 1. The summed E-state index contributed by atoms with van der Waals surface area (Å²) in [5.74, 6) is -0.374. The highest BCUT2D eigenvalue weighted by Gasteiger charge is 2.43. The summed E-state index contributed by atoms with van der Waals surface area (Å²) in [4.78, 5) is 11.8. The maximum atomic E-state index is 12.8. The van der Waals surface area contributed by atoms with Gasteiger partial charge in [0, 0.05) is 5.88 Å². The van der Waals surface area contributed by atoms with Crippen molar-refractivity contribution in [3.63, 3.8) is 0 Å². The molecule has 0 aromatic heterocycles. The minimum Gasteiger partial charge on any atom is -0.345 e. The second-order valence-corrected chi connectivity index (χ2v) is 4.67. The lowest BCUT2D eigenvalue weighted by Gasteiger charge is -2.14. The van der Waals surface area contributed by atoms with E-state index in [1.54, 1.807) is 0 Å². The van der Waals surface area contributed by atoms with Crippen molar-refractivity contribution in [3.05, 3.63) is 34.6 Å². The zero-order valence-electron chi connectivity index (χ0n) is 8.40. The molecule has 0 saturated heterocycles. The summed E-state index contributed by atoms with van der Waals surface area (Å²) >= 11 is 11.5. The molecule has 2 rings (SSSR count). The number of carbonyl (C=O) groups is 1. The van der Waals surface area contributed by atoms with Gasteiger partial charge in [0.05, 0.1) is 16.1 Å². The summed E-state index contributed by atoms with van der Waals surface area (Å²) in [6, 6.07) is 3.70. The van der Waals surface area contributed by atoms with Crippen LogP contribution in [0.5, 0.6) is 0 Å². The van der Waals surface area contributed by atoms with E-state index in [-0.39, 0.29) is 22.0 Å². The zero-order chi connectivity index (χ0) is 11.8. The second-order valence-electron chi connectivity index (χ2n) is 3.99. The molecule has 0 unspecified atom stereocenters. The van der Waals surface area contributed by atoms with Crippen LogP contribution in [-0.4, -0.2) is 17.3 Å². The third-order valence-corrected chi connectivity index (χ3v) is 3.49. The fourth-order valence-electron chi connectivity index (χ4n) is 1.42. The van der Waals surface area contributed by atoms with Crippen LogP contribution in [0.2, 0.25) is 5.02 Å². The molecule has 0 bridgehead atoms. The van der Waals surface area contributed by atoms with Gasteiger partial charge in [0.2, 0.25) is 0 Å². The Morgan fingerprint density at radius 1 is 1.50 bits per heavy atom. The van der Waals surface area contributed by atoms with Crippen molar-refractivity contribution < 1.29 is 9.18 Å². The van der Waals surface area contributed by atoms with Gasteiger partial charge in [-0.3, -0.25) is 4.79 Å². The highest BCUT2D eigenvalue weighted by molar-refractivity contribution is 6.33. The highest BCUT2D eigenvalue weighted by Crippen LogP contribution is 2.36. The molecule has 1 fully saturated rings. The number of nitrogens with one attached hydrogen (secondary N) is 1. The first-order chi connectivity index (χ1) is 7.56. The van der Waals surface area contributed by atoms with Gasteiger partial charge < -0.3 is 5.32 Å². The molecule has 0 heterocycles. The quantitative estimate of drug-likeness (QED) is 0.833. The van der Waals surface area contributed by atoms with Crippen LogP contribution in [0.1, 0.15) is 23.2 Å². The molecule has 1 aromatic carbocycles. The van der Waals surface area contributed by atoms with Crippen molar-refractivity contribution in [2.75, 3.05) is 5.88 Å². The van der Waals surface area contributed by atoms with E-state index in [0.29, 0.717) is 5.88 Å². The van der Waals surface area contributed by atoms with Crippen LogP contribution >= 0.6 is 23.2 Å². The van der Waals surface area contributed by atoms with Crippen LogP contribution in [0.25, 0.3) is 0 Å². The third kappa shape index (κ3) is 2.30. The van der Waals surface area contributed by atoms with Gasteiger partial charge in [-0.05, 0) is 31.0 Å². The molecule has 0 radical (unpaired) electrons. The first-order valence-electron chi connectivity index (χ1n) is 4.90. The van der Waals surface area contributed by atoms with Gasteiger partial charge in [0.25, 0.3) is 5.91 Å². The Morgan fingerprint density at radius 3 is 2.69 bits per heavy atom. The van der Waals surface area contributed by atoms with Crippen molar-refractivity contribution in [2.24, 2.45) is 0 Å². The van der Waals surface area contributed by atoms with E-state index in [4.69, 9.17) is 23.2 Å². The first kappa shape index (κ1) is 11.7. The van der Waals surface area contributed by atoms with Crippen molar-refractivity contribution in [2.45, 2.75) is 18.4 Å². The van der Waals surface area contributed by atoms with E-state index >= 15 is 0 Å². The molecule has 16 heavy (non-hydrogen) atoms. The molecule has 2 nitrogen and oxygen atoms in total. The molecule has 0 spiro atoms. The van der Waals surface area contributed by atoms with Crippen LogP contribution in [0, 0.1) is 5.82 Å². The van der Waals surface area contributed by atoms with Crippen LogP contribution in [0.4, 0.5) is 4.39 Å². The van der Waals surface area contributed by atoms with Crippen molar-refractivity contribution >= 4 is 29.1 Å². The Morgan fingerprint density at radius 2 is 2.19 bits per heavy atom. The zero-order valence-corrected chi connectivity index (χ0v) is 9.91. The van der Waals surface area contributed by atoms with Crippen molar-refractivity contribution in [1.82, 2.24) is 5.32 Å². The number of benzene rings is 1. The normalized spacial score (nSPS) is 16.9. The number of rotatable bonds is 3. The Balaban J connectivity index is 2.15. The van der Waals surface area contributed by atoms with Crippen LogP contribution in [0.15, 0.2) is 18.2 Å². The highest BCUT2D eigenvalue weighted by atomic mass is 35.5. The summed E-state index contributed by atoms with van der Waals surface area (Å²) in [7, 11) is 0. The van der Waals surface area contributed by atoms with Crippen LogP contribution in [-0.2, 0) is 0 Å². The predicted octanol–water partition coefficient (Wildman–Crippen LogP) is 2.98. The summed E-state index contributed by atoms with van der Waals surface area (Å²) in [6.45, 7) is 0. The fraction of sp³-hybridized carbons (Fsp3) is 0.364. The van der Waals surface area contributed by atoms with Crippen LogP contribution in [0.3, 0.4) is 0 Å². The molecule has 1 aliphatic carbocycles. The van der Waals surface area contributed by atoms with Gasteiger partial charge >= 0.3 is 0 Å². The minimum absolute atomic E-state index is 0.114. The molecule has 86 valence electrons. The molecule has 1 saturated carbocycles. The van der Waals surface area contributed by atoms with Gasteiger partial charge in [-0.1, -0.05) is 11.6 Å². The molecule has 5 heteroatoms. The summed E-state index contributed by atoms with van der Waals surface area (Å²) in [5, 5.41) is 2.93. The van der Waals surface area contributed by atoms with E-state index < -0.39 is 5.82 Å². The van der Waals surface area contributed by atoms with E-state index in [1.165, 1.54) is 12.1 Å². The minimum atomic E-state index is -0.458. The van der Waals surface area contributed by atoms with E-state index in [0.717, 1.165) is 18.9 Å². The number of alkyl halides is 1. The molecule has 1 aliphatic rings. The summed E-state index contributed by atoms with van der Waals surface area (Å²) < 4.78 is 12.8. The maximum absolute atomic E-state index is 12.8. The largest absolute Gasteiger partial charge is 0.345 e. The van der Waals surface area contributed by atoms with E-state index in [2.05, 4.69) is 5.32 Å². The lowest BCUT2D eigenvalue weighted by molar-refractivity contribution is 0.0936. The van der Waals surface area contributed by atoms with Gasteiger partial charge in [-0.25, -0.2) is 4.39 Å². The standard InChI is InChI=1S/C11H10Cl2FNO/c12-6-11(3-4-11)15-10(16)8-2-1-7(14)5-9(8)13/h1-2,5H,3-4,6H2,(H,15,16). The van der Waals surface area contributed by atoms with Gasteiger partial charge in [0.1, 0.15) is 5.82 Å². The topological polar surface area (TPSA) is 29.1 Å². The monoisotopic (exact) mass is 261 g/mol. The number of hydrogen-bond donors (Lipinski definition) is 1.